The summed E-state index contributed by atoms with van der Waals surface area (Å²) in [5.41, 5.74) is 2.21. The first-order chi connectivity index (χ1) is 10.7. The summed E-state index contributed by atoms with van der Waals surface area (Å²) in [6, 6.07) is 13.0. The number of nitrogens with zero attached hydrogens (tertiary/aromatic N) is 1. The van der Waals surface area contributed by atoms with Crippen LogP contribution >= 0.6 is 15.9 Å². The molecule has 5 heteroatoms. The van der Waals surface area contributed by atoms with Gasteiger partial charge in [0.15, 0.2) is 0 Å². The highest BCUT2D eigenvalue weighted by Gasteiger charge is 2.15. The predicted molar refractivity (Wildman–Crippen MR) is 88.4 cm³/mol. The number of halogens is 1. The first-order valence-electron chi connectivity index (χ1n) is 6.74. The van der Waals surface area contributed by atoms with E-state index in [0.29, 0.717) is 22.7 Å². The number of benzene rings is 1. The standard InChI is InChI=1S/C17H16BrNO3/c1-3-13(17(20)21-2)14-8-5-4-7-12(14)11-22-16-10-6-9-15(18)19-16/h3-10H,11H2,1-2H3. The van der Waals surface area contributed by atoms with Gasteiger partial charge < -0.3 is 9.47 Å². The number of rotatable bonds is 5. The van der Waals surface area contributed by atoms with Gasteiger partial charge in [-0.1, -0.05) is 36.4 Å². The van der Waals surface area contributed by atoms with Crippen molar-refractivity contribution in [3.63, 3.8) is 0 Å². The smallest absolute Gasteiger partial charge is 0.338 e. The van der Waals surface area contributed by atoms with E-state index >= 15 is 0 Å². The molecule has 114 valence electrons. The monoisotopic (exact) mass is 361 g/mol. The molecular weight excluding hydrogens is 346 g/mol. The average molecular weight is 362 g/mol. The maximum absolute atomic E-state index is 11.9. The average Bonchev–Trinajstić information content (AvgIpc) is 2.54. The Kier molecular flexibility index (Phi) is 5.72. The second-order valence-electron chi connectivity index (χ2n) is 4.44. The minimum absolute atomic E-state index is 0.313. The number of methoxy groups -OCH3 is 1. The van der Waals surface area contributed by atoms with Gasteiger partial charge >= 0.3 is 5.97 Å². The molecule has 22 heavy (non-hydrogen) atoms. The summed E-state index contributed by atoms with van der Waals surface area (Å²) >= 11 is 3.30. The summed E-state index contributed by atoms with van der Waals surface area (Å²) in [6.07, 6.45) is 1.74. The molecule has 0 aliphatic carbocycles. The maximum Gasteiger partial charge on any atom is 0.338 e. The Morgan fingerprint density at radius 2 is 2.00 bits per heavy atom. The molecule has 0 fully saturated rings. The van der Waals surface area contributed by atoms with E-state index in [1.807, 2.05) is 36.4 Å². The fraction of sp³-hybridized carbons (Fsp3) is 0.176. The van der Waals surface area contributed by atoms with E-state index in [0.717, 1.165) is 11.1 Å². The molecule has 1 aromatic carbocycles. The van der Waals surface area contributed by atoms with Crippen molar-refractivity contribution in [3.05, 3.63) is 64.3 Å². The van der Waals surface area contributed by atoms with Crippen molar-refractivity contribution in [1.82, 2.24) is 4.98 Å². The Balaban J connectivity index is 2.23. The molecule has 0 spiro atoms. The lowest BCUT2D eigenvalue weighted by Crippen LogP contribution is -2.08. The van der Waals surface area contributed by atoms with Gasteiger partial charge in [0.25, 0.3) is 0 Å². The third-order valence-electron chi connectivity index (χ3n) is 3.07. The molecule has 0 saturated carbocycles. The van der Waals surface area contributed by atoms with Gasteiger partial charge in [-0.25, -0.2) is 9.78 Å². The molecule has 0 saturated heterocycles. The molecule has 1 heterocycles. The van der Waals surface area contributed by atoms with E-state index in [1.54, 1.807) is 19.1 Å². The van der Waals surface area contributed by atoms with Gasteiger partial charge in [0.2, 0.25) is 5.88 Å². The molecule has 4 nitrogen and oxygen atoms in total. The summed E-state index contributed by atoms with van der Waals surface area (Å²) in [5.74, 6) is 0.153. The zero-order valence-corrected chi connectivity index (χ0v) is 14.0. The molecular formula is C17H16BrNO3. The minimum Gasteiger partial charge on any atom is -0.473 e. The SMILES string of the molecule is CC=C(C(=O)OC)c1ccccc1COc1cccc(Br)n1. The lowest BCUT2D eigenvalue weighted by molar-refractivity contribution is -0.133. The normalized spacial score (nSPS) is 11.1. The second kappa shape index (κ2) is 7.75. The first-order valence-corrected chi connectivity index (χ1v) is 7.53. The molecule has 0 radical (unpaired) electrons. The predicted octanol–water partition coefficient (Wildman–Crippen LogP) is 4.00. The molecule has 2 rings (SSSR count). The molecule has 2 aromatic rings. The Morgan fingerprint density at radius 3 is 2.68 bits per heavy atom. The van der Waals surface area contributed by atoms with Crippen LogP contribution in [-0.2, 0) is 16.1 Å². The van der Waals surface area contributed by atoms with Crippen LogP contribution in [0.5, 0.6) is 5.88 Å². The number of ether oxygens (including phenoxy) is 2. The van der Waals surface area contributed by atoms with Gasteiger partial charge in [-0.05, 0) is 40.0 Å². The third-order valence-corrected chi connectivity index (χ3v) is 3.51. The maximum atomic E-state index is 11.9. The molecule has 0 aliphatic rings. The lowest BCUT2D eigenvalue weighted by atomic mass is 10.00. The van der Waals surface area contributed by atoms with E-state index in [2.05, 4.69) is 20.9 Å². The molecule has 0 atom stereocenters. The van der Waals surface area contributed by atoms with Crippen LogP contribution in [0.1, 0.15) is 18.1 Å². The zero-order valence-electron chi connectivity index (χ0n) is 12.4. The van der Waals surface area contributed by atoms with E-state index in [1.165, 1.54) is 7.11 Å². The van der Waals surface area contributed by atoms with Crippen LogP contribution in [0, 0.1) is 0 Å². The number of carbonyl (C=O) groups is 1. The number of pyridine rings is 1. The van der Waals surface area contributed by atoms with Crippen LogP contribution in [0.15, 0.2) is 53.1 Å². The van der Waals surface area contributed by atoms with Gasteiger partial charge in [0.1, 0.15) is 11.2 Å². The lowest BCUT2D eigenvalue weighted by Gasteiger charge is -2.12. The molecule has 0 N–H and O–H groups in total. The molecule has 0 aliphatic heterocycles. The Hall–Kier alpha value is -2.14. The van der Waals surface area contributed by atoms with Crippen molar-refractivity contribution in [2.24, 2.45) is 0 Å². The van der Waals surface area contributed by atoms with Crippen LogP contribution in [0.4, 0.5) is 0 Å². The summed E-state index contributed by atoms with van der Waals surface area (Å²) in [4.78, 5) is 16.1. The number of esters is 1. The van der Waals surface area contributed by atoms with Gasteiger partial charge in [-0.15, -0.1) is 0 Å². The van der Waals surface area contributed by atoms with Crippen LogP contribution < -0.4 is 4.74 Å². The van der Waals surface area contributed by atoms with Crippen molar-refractivity contribution >= 4 is 27.5 Å². The van der Waals surface area contributed by atoms with E-state index in [9.17, 15) is 4.79 Å². The summed E-state index contributed by atoms with van der Waals surface area (Å²) < 4.78 is 11.2. The van der Waals surface area contributed by atoms with Crippen molar-refractivity contribution in [2.75, 3.05) is 7.11 Å². The fourth-order valence-corrected chi connectivity index (χ4v) is 2.35. The number of carbonyl (C=O) groups excluding carboxylic acids is 1. The van der Waals surface area contributed by atoms with Crippen molar-refractivity contribution in [2.45, 2.75) is 13.5 Å². The highest BCUT2D eigenvalue weighted by Crippen LogP contribution is 2.22. The molecule has 1 aromatic heterocycles. The minimum atomic E-state index is -0.365. The fourth-order valence-electron chi connectivity index (χ4n) is 2.02. The van der Waals surface area contributed by atoms with Crippen molar-refractivity contribution in [3.8, 4) is 5.88 Å². The van der Waals surface area contributed by atoms with E-state index in [-0.39, 0.29) is 5.97 Å². The van der Waals surface area contributed by atoms with Crippen LogP contribution in [-0.4, -0.2) is 18.1 Å². The van der Waals surface area contributed by atoms with E-state index < -0.39 is 0 Å². The van der Waals surface area contributed by atoms with Crippen molar-refractivity contribution in [1.29, 1.82) is 0 Å². The number of hydrogen-bond donors (Lipinski definition) is 0. The summed E-state index contributed by atoms with van der Waals surface area (Å²) in [5, 5.41) is 0. The molecule has 0 bridgehead atoms. The molecule has 0 amide bonds. The highest BCUT2D eigenvalue weighted by molar-refractivity contribution is 9.10. The zero-order chi connectivity index (χ0) is 15.9. The van der Waals surface area contributed by atoms with Crippen LogP contribution in [0.3, 0.4) is 0 Å². The number of allylic oxidation sites excluding steroid dienone is 1. The van der Waals surface area contributed by atoms with E-state index in [4.69, 9.17) is 9.47 Å². The number of hydrogen-bond acceptors (Lipinski definition) is 4. The topological polar surface area (TPSA) is 48.4 Å². The second-order valence-corrected chi connectivity index (χ2v) is 5.25. The Labute approximate surface area is 137 Å². The van der Waals surface area contributed by atoms with Crippen LogP contribution in [0.25, 0.3) is 5.57 Å². The first kappa shape index (κ1) is 16.2. The summed E-state index contributed by atoms with van der Waals surface area (Å²) in [6.45, 7) is 2.12. The van der Waals surface area contributed by atoms with Gasteiger partial charge in [0.05, 0.1) is 12.7 Å². The van der Waals surface area contributed by atoms with Crippen molar-refractivity contribution < 1.29 is 14.3 Å². The molecule has 0 unspecified atom stereocenters. The largest absolute Gasteiger partial charge is 0.473 e. The Bertz CT molecular complexity index is 698. The third kappa shape index (κ3) is 3.95. The number of aromatic nitrogens is 1. The Morgan fingerprint density at radius 1 is 1.23 bits per heavy atom. The van der Waals surface area contributed by atoms with Gasteiger partial charge in [0, 0.05) is 6.07 Å². The van der Waals surface area contributed by atoms with Gasteiger partial charge in [-0.2, -0.15) is 0 Å². The summed E-state index contributed by atoms with van der Waals surface area (Å²) in [7, 11) is 1.37. The van der Waals surface area contributed by atoms with Gasteiger partial charge in [-0.3, -0.25) is 0 Å². The quantitative estimate of drug-likeness (QED) is 0.458. The highest BCUT2D eigenvalue weighted by atomic mass is 79.9. The van der Waals surface area contributed by atoms with Crippen LogP contribution in [0.2, 0.25) is 0 Å².